The zero-order valence-electron chi connectivity index (χ0n) is 13.3. The van der Waals surface area contributed by atoms with Crippen LogP contribution in [0.15, 0.2) is 12.1 Å². The Morgan fingerprint density at radius 1 is 1.19 bits per heavy atom. The van der Waals surface area contributed by atoms with Crippen molar-refractivity contribution >= 4 is 11.7 Å². The van der Waals surface area contributed by atoms with Crippen LogP contribution in [0.2, 0.25) is 0 Å². The molecule has 0 unspecified atom stereocenters. The minimum absolute atomic E-state index is 0.161. The molecule has 1 N–H and O–H groups in total. The summed E-state index contributed by atoms with van der Waals surface area (Å²) in [6, 6.07) is 3.85. The van der Waals surface area contributed by atoms with E-state index in [2.05, 4.69) is 24.1 Å². The third-order valence-electron chi connectivity index (χ3n) is 3.94. The average molecular weight is 289 g/mol. The number of hydrogen-bond donors (Lipinski definition) is 1. The van der Waals surface area contributed by atoms with Gasteiger partial charge in [-0.05, 0) is 37.8 Å². The Morgan fingerprint density at radius 2 is 1.90 bits per heavy atom. The van der Waals surface area contributed by atoms with Crippen molar-refractivity contribution in [1.82, 2.24) is 9.88 Å². The lowest BCUT2D eigenvalue weighted by Gasteiger charge is -2.21. The zero-order chi connectivity index (χ0) is 15.1. The molecule has 1 amide bonds. The van der Waals surface area contributed by atoms with Gasteiger partial charge in [-0.15, -0.1) is 0 Å². The third-order valence-corrected chi connectivity index (χ3v) is 3.94. The van der Waals surface area contributed by atoms with E-state index >= 15 is 0 Å². The molecule has 0 aliphatic carbocycles. The number of rotatable bonds is 5. The van der Waals surface area contributed by atoms with Crippen LogP contribution in [0.4, 0.5) is 5.82 Å². The highest BCUT2D eigenvalue weighted by atomic mass is 16.2. The number of aryl methyl sites for hydroxylation is 1. The van der Waals surface area contributed by atoms with Crippen LogP contribution >= 0.6 is 0 Å². The molecule has 2 heterocycles. The third kappa shape index (κ3) is 4.45. The molecule has 4 nitrogen and oxygen atoms in total. The molecule has 0 saturated carbocycles. The zero-order valence-corrected chi connectivity index (χ0v) is 13.3. The Labute approximate surface area is 127 Å². The maximum atomic E-state index is 12.7. The SMILES string of the molecule is CCCNc1cc(C(=O)N2CCCCCC2)cc(CC)n1. The highest BCUT2D eigenvalue weighted by Crippen LogP contribution is 2.17. The molecule has 4 heteroatoms. The number of amides is 1. The molecule has 1 aliphatic rings. The Morgan fingerprint density at radius 3 is 2.52 bits per heavy atom. The van der Waals surface area contributed by atoms with Crippen molar-refractivity contribution in [1.29, 1.82) is 0 Å². The van der Waals surface area contributed by atoms with E-state index in [1.165, 1.54) is 12.8 Å². The average Bonchev–Trinajstić information content (AvgIpc) is 2.81. The second kappa shape index (κ2) is 8.01. The van der Waals surface area contributed by atoms with Crippen molar-refractivity contribution < 1.29 is 4.79 Å². The van der Waals surface area contributed by atoms with Crippen LogP contribution in [0.1, 0.15) is 62.0 Å². The number of nitrogens with one attached hydrogen (secondary N) is 1. The van der Waals surface area contributed by atoms with Gasteiger partial charge in [0.1, 0.15) is 5.82 Å². The summed E-state index contributed by atoms with van der Waals surface area (Å²) in [6.45, 7) is 6.87. The predicted molar refractivity (Wildman–Crippen MR) is 86.8 cm³/mol. The molecule has 0 spiro atoms. The first kappa shape index (κ1) is 15.8. The molecular weight excluding hydrogens is 262 g/mol. The molecule has 2 rings (SSSR count). The Bertz CT molecular complexity index is 465. The summed E-state index contributed by atoms with van der Waals surface area (Å²) < 4.78 is 0. The highest BCUT2D eigenvalue weighted by Gasteiger charge is 2.18. The van der Waals surface area contributed by atoms with Gasteiger partial charge in [0.25, 0.3) is 5.91 Å². The molecule has 0 radical (unpaired) electrons. The Hall–Kier alpha value is -1.58. The predicted octanol–water partition coefficient (Wildman–Crippen LogP) is 3.48. The van der Waals surface area contributed by atoms with Gasteiger partial charge in [-0.1, -0.05) is 26.7 Å². The van der Waals surface area contributed by atoms with Gasteiger partial charge in [-0.25, -0.2) is 4.98 Å². The van der Waals surface area contributed by atoms with Crippen LogP contribution in [0.5, 0.6) is 0 Å². The van der Waals surface area contributed by atoms with Crippen molar-refractivity contribution in [3.8, 4) is 0 Å². The van der Waals surface area contributed by atoms with Crippen molar-refractivity contribution in [3.63, 3.8) is 0 Å². The first-order chi connectivity index (χ1) is 10.2. The van der Waals surface area contributed by atoms with Crippen LogP contribution in [-0.4, -0.2) is 35.4 Å². The summed E-state index contributed by atoms with van der Waals surface area (Å²) in [6.07, 6.45) is 6.62. The van der Waals surface area contributed by atoms with Crippen LogP contribution < -0.4 is 5.32 Å². The molecule has 21 heavy (non-hydrogen) atoms. The summed E-state index contributed by atoms with van der Waals surface area (Å²) >= 11 is 0. The van der Waals surface area contributed by atoms with E-state index < -0.39 is 0 Å². The van der Waals surface area contributed by atoms with Gasteiger partial charge >= 0.3 is 0 Å². The smallest absolute Gasteiger partial charge is 0.254 e. The Kier molecular flexibility index (Phi) is 6.03. The molecule has 1 aromatic heterocycles. The van der Waals surface area contributed by atoms with E-state index in [0.29, 0.717) is 0 Å². The topological polar surface area (TPSA) is 45.2 Å². The second-order valence-electron chi connectivity index (χ2n) is 5.72. The molecule has 0 atom stereocenters. The van der Waals surface area contributed by atoms with Crippen LogP contribution in [0, 0.1) is 0 Å². The number of pyridine rings is 1. The highest BCUT2D eigenvalue weighted by molar-refractivity contribution is 5.95. The number of carbonyl (C=O) groups excluding carboxylic acids is 1. The normalized spacial score (nSPS) is 15.6. The van der Waals surface area contributed by atoms with Gasteiger partial charge in [0.15, 0.2) is 0 Å². The first-order valence-electron chi connectivity index (χ1n) is 8.28. The first-order valence-corrected chi connectivity index (χ1v) is 8.28. The van der Waals surface area contributed by atoms with Crippen LogP contribution in [-0.2, 0) is 6.42 Å². The Balaban J connectivity index is 2.17. The van der Waals surface area contributed by atoms with Crippen LogP contribution in [0.3, 0.4) is 0 Å². The van der Waals surface area contributed by atoms with E-state index in [-0.39, 0.29) is 5.91 Å². The van der Waals surface area contributed by atoms with E-state index in [1.807, 2.05) is 17.0 Å². The number of hydrogen-bond acceptors (Lipinski definition) is 3. The monoisotopic (exact) mass is 289 g/mol. The van der Waals surface area contributed by atoms with Crippen molar-refractivity contribution in [2.24, 2.45) is 0 Å². The van der Waals surface area contributed by atoms with Gasteiger partial charge in [-0.2, -0.15) is 0 Å². The molecule has 1 aromatic rings. The lowest BCUT2D eigenvalue weighted by molar-refractivity contribution is 0.0761. The molecule has 1 fully saturated rings. The number of likely N-dealkylation sites (tertiary alicyclic amines) is 1. The van der Waals surface area contributed by atoms with E-state index in [1.54, 1.807) is 0 Å². The summed E-state index contributed by atoms with van der Waals surface area (Å²) in [4.78, 5) is 19.3. The number of aromatic nitrogens is 1. The standard InChI is InChI=1S/C17H27N3O/c1-3-9-18-16-13-14(12-15(4-2)19-16)17(21)20-10-7-5-6-8-11-20/h12-13H,3-11H2,1-2H3,(H,18,19). The largest absolute Gasteiger partial charge is 0.370 e. The lowest BCUT2D eigenvalue weighted by atomic mass is 10.1. The van der Waals surface area contributed by atoms with E-state index in [0.717, 1.165) is 62.4 Å². The molecular formula is C17H27N3O. The van der Waals surface area contributed by atoms with Crippen molar-refractivity contribution in [3.05, 3.63) is 23.4 Å². The van der Waals surface area contributed by atoms with Gasteiger partial charge < -0.3 is 10.2 Å². The number of anilines is 1. The van der Waals surface area contributed by atoms with Crippen molar-refractivity contribution in [2.45, 2.75) is 52.4 Å². The maximum Gasteiger partial charge on any atom is 0.254 e. The quantitative estimate of drug-likeness (QED) is 0.902. The fraction of sp³-hybridized carbons (Fsp3) is 0.647. The summed E-state index contributed by atoms with van der Waals surface area (Å²) in [5.74, 6) is 0.989. The summed E-state index contributed by atoms with van der Waals surface area (Å²) in [5, 5.41) is 3.30. The van der Waals surface area contributed by atoms with E-state index in [9.17, 15) is 4.79 Å². The molecule has 1 aliphatic heterocycles. The maximum absolute atomic E-state index is 12.7. The molecule has 0 aromatic carbocycles. The second-order valence-corrected chi connectivity index (χ2v) is 5.72. The fourth-order valence-electron chi connectivity index (χ4n) is 2.69. The van der Waals surface area contributed by atoms with Gasteiger partial charge in [0.05, 0.1) is 0 Å². The van der Waals surface area contributed by atoms with E-state index in [4.69, 9.17) is 0 Å². The summed E-state index contributed by atoms with van der Waals surface area (Å²) in [7, 11) is 0. The minimum atomic E-state index is 0.161. The van der Waals surface area contributed by atoms with Gasteiger partial charge in [0, 0.05) is 30.9 Å². The molecule has 116 valence electrons. The van der Waals surface area contributed by atoms with Gasteiger partial charge in [-0.3, -0.25) is 4.79 Å². The fourth-order valence-corrected chi connectivity index (χ4v) is 2.69. The molecule has 1 saturated heterocycles. The molecule has 0 bridgehead atoms. The lowest BCUT2D eigenvalue weighted by Crippen LogP contribution is -2.32. The van der Waals surface area contributed by atoms with Crippen LogP contribution in [0.25, 0.3) is 0 Å². The number of nitrogens with zero attached hydrogens (tertiary/aromatic N) is 2. The summed E-state index contributed by atoms with van der Waals surface area (Å²) in [5.41, 5.74) is 1.76. The van der Waals surface area contributed by atoms with Crippen molar-refractivity contribution in [2.75, 3.05) is 25.0 Å². The van der Waals surface area contributed by atoms with Gasteiger partial charge in [0.2, 0.25) is 0 Å². The minimum Gasteiger partial charge on any atom is -0.370 e. The number of carbonyl (C=O) groups is 1.